The molecule has 0 aromatic heterocycles. The Morgan fingerprint density at radius 3 is 2.71 bits per heavy atom. The first kappa shape index (κ1) is 22.8. The number of imide groups is 1. The Morgan fingerprint density at radius 2 is 2.00 bits per heavy atom. The Labute approximate surface area is 193 Å². The quantitative estimate of drug-likeness (QED) is 0.600. The number of nitrogens with one attached hydrogen (secondary N) is 1. The number of hydrogen-bond acceptors (Lipinski definition) is 3. The zero-order valence-electron chi connectivity index (χ0n) is 19.8. The molecule has 0 saturated heterocycles. The van der Waals surface area contributed by atoms with Gasteiger partial charge in [0.05, 0.1) is 6.04 Å². The van der Waals surface area contributed by atoms with Crippen molar-refractivity contribution in [2.24, 2.45) is 28.6 Å². The summed E-state index contributed by atoms with van der Waals surface area (Å²) in [7, 11) is 1.68. The van der Waals surface area contributed by atoms with Crippen LogP contribution in [0.5, 0.6) is 0 Å². The Kier molecular flexibility index (Phi) is 5.99. The number of urea groups is 1. The number of rotatable bonds is 2. The van der Waals surface area contributed by atoms with Gasteiger partial charge in [-0.25, -0.2) is 4.79 Å². The van der Waals surface area contributed by atoms with Crippen molar-refractivity contribution in [2.75, 3.05) is 7.05 Å². The fourth-order valence-electron chi connectivity index (χ4n) is 7.38. The summed E-state index contributed by atoms with van der Waals surface area (Å²) < 4.78 is 0. The van der Waals surface area contributed by atoms with Crippen LogP contribution in [0.15, 0.2) is 12.2 Å². The van der Waals surface area contributed by atoms with Crippen LogP contribution in [0.2, 0.25) is 0 Å². The second kappa shape index (κ2) is 8.17. The van der Waals surface area contributed by atoms with Crippen LogP contribution in [0.4, 0.5) is 4.79 Å². The lowest BCUT2D eigenvalue weighted by atomic mass is 9.48. The van der Waals surface area contributed by atoms with Gasteiger partial charge in [0.2, 0.25) is 0 Å². The molecule has 3 amide bonds. The van der Waals surface area contributed by atoms with Gasteiger partial charge in [-0.3, -0.25) is 14.6 Å². The number of thiocarbonyl (C=S) groups is 1. The standard InChI is InChI=1S/C25H39N3O2S/c1-6-16(2)26-22(31)27(5)23(30)28-20-10-9-17-18-8-7-13-24(18,3)14-11-19(17)25(20,4)15-12-21(28)29/h12,15-20H,6-11,13-14H2,1-5H3,(H,26,31)/t16?,17-,18-,19+,20?,24-,25+/m0/s1. The SMILES string of the molecule is CCC(C)NC(=S)N(C)C(=O)N1C(=O)C=C[C@@]2(C)C1CC[C@@H]1[C@H]2CC[C@]2(C)CCC[C@@H]12. The maximum absolute atomic E-state index is 13.5. The van der Waals surface area contributed by atoms with Crippen molar-refractivity contribution < 1.29 is 9.59 Å². The van der Waals surface area contributed by atoms with Crippen molar-refractivity contribution in [2.45, 2.75) is 91.1 Å². The lowest BCUT2D eigenvalue weighted by molar-refractivity contribution is -0.135. The van der Waals surface area contributed by atoms with Crippen molar-refractivity contribution in [3.05, 3.63) is 12.2 Å². The van der Waals surface area contributed by atoms with Crippen LogP contribution in [-0.2, 0) is 4.79 Å². The third kappa shape index (κ3) is 3.63. The lowest BCUT2D eigenvalue weighted by Crippen LogP contribution is -2.64. The molecule has 5 nitrogen and oxygen atoms in total. The van der Waals surface area contributed by atoms with E-state index < -0.39 is 0 Å². The maximum Gasteiger partial charge on any atom is 0.333 e. The van der Waals surface area contributed by atoms with E-state index in [-0.39, 0.29) is 29.4 Å². The van der Waals surface area contributed by atoms with E-state index in [4.69, 9.17) is 12.2 Å². The Balaban J connectivity index is 1.58. The summed E-state index contributed by atoms with van der Waals surface area (Å²) in [4.78, 5) is 29.4. The van der Waals surface area contributed by atoms with Crippen molar-refractivity contribution >= 4 is 29.3 Å². The molecule has 0 bridgehead atoms. The van der Waals surface area contributed by atoms with Crippen molar-refractivity contribution in [1.82, 2.24) is 15.1 Å². The molecular formula is C25H39N3O2S. The average molecular weight is 446 g/mol. The van der Waals surface area contributed by atoms with E-state index in [0.717, 1.165) is 25.2 Å². The number of nitrogens with zero attached hydrogens (tertiary/aromatic N) is 2. The minimum atomic E-state index is -0.300. The molecule has 0 spiro atoms. The fraction of sp³-hybridized carbons (Fsp3) is 0.800. The molecule has 3 fully saturated rings. The largest absolute Gasteiger partial charge is 0.360 e. The van der Waals surface area contributed by atoms with Crippen molar-refractivity contribution in [3.8, 4) is 0 Å². The van der Waals surface area contributed by atoms with E-state index in [9.17, 15) is 9.59 Å². The summed E-state index contributed by atoms with van der Waals surface area (Å²) in [6.07, 6.45) is 13.3. The zero-order valence-corrected chi connectivity index (χ0v) is 20.6. The minimum Gasteiger partial charge on any atom is -0.360 e. The van der Waals surface area contributed by atoms with Gasteiger partial charge in [0, 0.05) is 24.6 Å². The molecule has 0 radical (unpaired) electrons. The molecule has 31 heavy (non-hydrogen) atoms. The second-order valence-electron chi connectivity index (χ2n) is 11.1. The van der Waals surface area contributed by atoms with Crippen LogP contribution < -0.4 is 5.32 Å². The molecule has 3 aliphatic carbocycles. The third-order valence-electron chi connectivity index (χ3n) is 9.42. The predicted octanol–water partition coefficient (Wildman–Crippen LogP) is 5.11. The molecule has 1 heterocycles. The normalized spacial score (nSPS) is 39.9. The van der Waals surface area contributed by atoms with Crippen LogP contribution in [0.3, 0.4) is 0 Å². The highest BCUT2D eigenvalue weighted by molar-refractivity contribution is 7.80. The van der Waals surface area contributed by atoms with Gasteiger partial charge in [-0.15, -0.1) is 0 Å². The summed E-state index contributed by atoms with van der Waals surface area (Å²) >= 11 is 5.47. The number of hydrogen-bond donors (Lipinski definition) is 1. The Bertz CT molecular complexity index is 798. The number of carbonyl (C=O) groups is 2. The van der Waals surface area contributed by atoms with Gasteiger partial charge >= 0.3 is 6.03 Å². The maximum atomic E-state index is 13.5. The number of carbonyl (C=O) groups excluding carboxylic acids is 2. The van der Waals surface area contributed by atoms with E-state index in [1.165, 1.54) is 41.9 Å². The molecule has 0 aromatic rings. The molecule has 1 aliphatic heterocycles. The van der Waals surface area contributed by atoms with E-state index in [2.05, 4.69) is 32.2 Å². The van der Waals surface area contributed by atoms with Crippen LogP contribution in [0, 0.1) is 28.6 Å². The Hall–Kier alpha value is -1.43. The predicted molar refractivity (Wildman–Crippen MR) is 127 cm³/mol. The first-order chi connectivity index (χ1) is 14.6. The van der Waals surface area contributed by atoms with Crippen LogP contribution in [0.1, 0.15) is 79.1 Å². The van der Waals surface area contributed by atoms with Crippen LogP contribution in [-0.4, -0.2) is 46.0 Å². The summed E-state index contributed by atoms with van der Waals surface area (Å²) in [5.74, 6) is 1.85. The van der Waals surface area contributed by atoms with E-state index in [1.807, 2.05) is 6.92 Å². The number of fused-ring (bicyclic) bond motifs is 5. The van der Waals surface area contributed by atoms with Gasteiger partial charge in [-0.1, -0.05) is 33.3 Å². The number of amides is 3. The van der Waals surface area contributed by atoms with Gasteiger partial charge in [-0.2, -0.15) is 0 Å². The molecule has 1 N–H and O–H groups in total. The molecule has 3 saturated carbocycles. The van der Waals surface area contributed by atoms with E-state index >= 15 is 0 Å². The van der Waals surface area contributed by atoms with Crippen molar-refractivity contribution in [1.29, 1.82) is 0 Å². The summed E-state index contributed by atoms with van der Waals surface area (Å²) in [6, 6.07) is -0.201. The molecule has 4 aliphatic rings. The average Bonchev–Trinajstić information content (AvgIpc) is 3.14. The fourth-order valence-corrected chi connectivity index (χ4v) is 7.66. The lowest BCUT2D eigenvalue weighted by Gasteiger charge is -2.59. The molecule has 6 heteroatoms. The van der Waals surface area contributed by atoms with Gasteiger partial charge < -0.3 is 5.32 Å². The first-order valence-corrected chi connectivity index (χ1v) is 12.6. The summed E-state index contributed by atoms with van der Waals surface area (Å²) in [6.45, 7) is 8.92. The second-order valence-corrected chi connectivity index (χ2v) is 11.4. The molecule has 0 aromatic carbocycles. The topological polar surface area (TPSA) is 52.7 Å². The zero-order chi connectivity index (χ0) is 22.6. The van der Waals surface area contributed by atoms with Crippen molar-refractivity contribution in [3.63, 3.8) is 0 Å². The molecular weight excluding hydrogens is 406 g/mol. The monoisotopic (exact) mass is 445 g/mol. The smallest absolute Gasteiger partial charge is 0.333 e. The first-order valence-electron chi connectivity index (χ1n) is 12.2. The van der Waals surface area contributed by atoms with Crippen LogP contribution >= 0.6 is 12.2 Å². The van der Waals surface area contributed by atoms with Gasteiger partial charge in [0.1, 0.15) is 0 Å². The molecule has 172 valence electrons. The molecule has 2 unspecified atom stereocenters. The van der Waals surface area contributed by atoms with E-state index in [0.29, 0.717) is 22.4 Å². The highest BCUT2D eigenvalue weighted by Crippen LogP contribution is 2.64. The molecule has 4 rings (SSSR count). The highest BCUT2D eigenvalue weighted by atomic mass is 32.1. The Morgan fingerprint density at radius 1 is 1.26 bits per heavy atom. The third-order valence-corrected chi connectivity index (χ3v) is 9.81. The molecule has 7 atom stereocenters. The van der Waals surface area contributed by atoms with E-state index in [1.54, 1.807) is 13.1 Å². The van der Waals surface area contributed by atoms with Gasteiger partial charge in [0.15, 0.2) is 5.11 Å². The van der Waals surface area contributed by atoms with Crippen LogP contribution in [0.25, 0.3) is 0 Å². The van der Waals surface area contributed by atoms with Gasteiger partial charge in [-0.05, 0) is 87.3 Å². The highest BCUT2D eigenvalue weighted by Gasteiger charge is 2.59. The summed E-state index contributed by atoms with van der Waals surface area (Å²) in [5, 5.41) is 3.59. The minimum absolute atomic E-state index is 0.0849. The summed E-state index contributed by atoms with van der Waals surface area (Å²) in [5.41, 5.74) is 0.352. The van der Waals surface area contributed by atoms with Gasteiger partial charge in [0.25, 0.3) is 5.91 Å².